The van der Waals surface area contributed by atoms with Crippen molar-refractivity contribution < 1.29 is 12.8 Å². The summed E-state index contributed by atoms with van der Waals surface area (Å²) in [6.07, 6.45) is 0.647. The molecule has 0 radical (unpaired) electrons. The van der Waals surface area contributed by atoms with Gasteiger partial charge < -0.3 is 5.73 Å². The van der Waals surface area contributed by atoms with E-state index in [-0.39, 0.29) is 12.2 Å². The highest BCUT2D eigenvalue weighted by Crippen LogP contribution is 2.31. The Kier molecular flexibility index (Phi) is 3.92. The van der Waals surface area contributed by atoms with Gasteiger partial charge in [0.25, 0.3) is 0 Å². The molecule has 6 heteroatoms. The topological polar surface area (TPSA) is 83.9 Å². The predicted octanol–water partition coefficient (Wildman–Crippen LogP) is 2.22. The molecule has 1 aliphatic rings. The van der Waals surface area contributed by atoms with Crippen molar-refractivity contribution in [1.82, 2.24) is 0 Å². The Hall–Kier alpha value is -2.23. The van der Waals surface area contributed by atoms with Crippen molar-refractivity contribution in [3.05, 3.63) is 53.3 Å². The largest absolute Gasteiger partial charge is 0.316 e. The average molecular weight is 330 g/mol. The molecule has 0 fully saturated rings. The molecule has 0 amide bonds. The fourth-order valence-electron chi connectivity index (χ4n) is 2.79. The smallest absolute Gasteiger partial charge is 0.178 e. The minimum Gasteiger partial charge on any atom is -0.316 e. The number of aryl methyl sites for hydroxylation is 1. The third-order valence-electron chi connectivity index (χ3n) is 4.03. The van der Waals surface area contributed by atoms with Gasteiger partial charge in [0, 0.05) is 6.42 Å². The minimum absolute atomic E-state index is 0.130. The molecule has 0 unspecified atom stereocenters. The van der Waals surface area contributed by atoms with Gasteiger partial charge in [-0.3, -0.25) is 0 Å². The minimum atomic E-state index is -3.15. The Morgan fingerprint density at radius 3 is 2.61 bits per heavy atom. The molecule has 23 heavy (non-hydrogen) atoms. The first-order valence-electron chi connectivity index (χ1n) is 7.20. The number of nitrogens with two attached hydrogens (primary N) is 1. The zero-order chi connectivity index (χ0) is 16.6. The van der Waals surface area contributed by atoms with E-state index in [9.17, 15) is 12.8 Å². The van der Waals surface area contributed by atoms with Crippen molar-refractivity contribution in [1.29, 1.82) is 5.26 Å². The summed E-state index contributed by atoms with van der Waals surface area (Å²) < 4.78 is 37.8. The fourth-order valence-corrected chi connectivity index (χ4v) is 4.33. The maximum atomic E-state index is 14.2. The Bertz CT molecular complexity index is 917. The highest BCUT2D eigenvalue weighted by molar-refractivity contribution is 7.91. The number of hydrogen-bond donors (Lipinski definition) is 1. The van der Waals surface area contributed by atoms with Crippen LogP contribution in [0.3, 0.4) is 0 Å². The Labute approximate surface area is 134 Å². The van der Waals surface area contributed by atoms with Crippen LogP contribution in [0.1, 0.15) is 11.1 Å². The van der Waals surface area contributed by atoms with Crippen LogP contribution in [0.15, 0.2) is 41.3 Å². The fraction of sp³-hybridized carbons (Fsp3) is 0.235. The van der Waals surface area contributed by atoms with Gasteiger partial charge in [-0.25, -0.2) is 12.8 Å². The lowest BCUT2D eigenvalue weighted by atomic mass is 9.99. The number of nitrogens with zero attached hydrogens (tertiary/aromatic N) is 1. The van der Waals surface area contributed by atoms with Gasteiger partial charge in [0.15, 0.2) is 9.84 Å². The SMILES string of the molecule is N#C[C@@H](N)Cc1ccc(-c2ccc3c(c2)CCS3(=O)=O)cc1F. The number of hydrogen-bond acceptors (Lipinski definition) is 4. The van der Waals surface area contributed by atoms with Gasteiger partial charge in [-0.05, 0) is 46.9 Å². The summed E-state index contributed by atoms with van der Waals surface area (Å²) in [4.78, 5) is 0.373. The summed E-state index contributed by atoms with van der Waals surface area (Å²) in [6, 6.07) is 11.0. The molecule has 0 saturated heterocycles. The second kappa shape index (κ2) is 5.76. The van der Waals surface area contributed by atoms with Crippen LogP contribution in [0.4, 0.5) is 4.39 Å². The maximum absolute atomic E-state index is 14.2. The molecule has 1 heterocycles. The van der Waals surface area contributed by atoms with Gasteiger partial charge in [-0.1, -0.05) is 18.2 Å². The molecule has 2 aromatic rings. The van der Waals surface area contributed by atoms with Gasteiger partial charge in [0.1, 0.15) is 5.82 Å². The van der Waals surface area contributed by atoms with E-state index < -0.39 is 21.7 Å². The van der Waals surface area contributed by atoms with Crippen molar-refractivity contribution in [3.63, 3.8) is 0 Å². The van der Waals surface area contributed by atoms with Crippen LogP contribution in [-0.2, 0) is 22.7 Å². The molecule has 0 spiro atoms. The van der Waals surface area contributed by atoms with Gasteiger partial charge >= 0.3 is 0 Å². The third kappa shape index (κ3) is 2.98. The molecular formula is C17H15FN2O2S. The second-order valence-electron chi connectivity index (χ2n) is 5.64. The van der Waals surface area contributed by atoms with E-state index in [0.717, 1.165) is 11.1 Å². The van der Waals surface area contributed by atoms with Crippen molar-refractivity contribution in [2.24, 2.45) is 5.73 Å². The molecule has 1 aliphatic heterocycles. The zero-order valence-electron chi connectivity index (χ0n) is 12.3. The molecule has 3 rings (SSSR count). The van der Waals surface area contributed by atoms with Crippen molar-refractivity contribution >= 4 is 9.84 Å². The summed E-state index contributed by atoms with van der Waals surface area (Å²) in [6.45, 7) is 0. The molecule has 0 aliphatic carbocycles. The van der Waals surface area contributed by atoms with E-state index >= 15 is 0 Å². The van der Waals surface area contributed by atoms with Gasteiger partial charge in [0.2, 0.25) is 0 Å². The average Bonchev–Trinajstić information content (AvgIpc) is 2.84. The molecule has 0 aromatic heterocycles. The molecule has 2 aromatic carbocycles. The quantitative estimate of drug-likeness (QED) is 0.935. The number of halogens is 1. The van der Waals surface area contributed by atoms with Crippen LogP contribution in [-0.4, -0.2) is 20.2 Å². The standard InChI is InChI=1S/C17H15FN2O2S/c18-16-9-12(1-2-13(16)8-15(20)10-19)11-3-4-17-14(7-11)5-6-23(17,21)22/h1-4,7,9,15H,5-6,8,20H2/t15-/m0/s1. The number of nitriles is 1. The normalized spacial score (nSPS) is 16.6. The first-order chi connectivity index (χ1) is 10.9. The highest BCUT2D eigenvalue weighted by atomic mass is 32.2. The van der Waals surface area contributed by atoms with E-state index in [1.807, 2.05) is 6.07 Å². The summed E-state index contributed by atoms with van der Waals surface area (Å²) in [5, 5.41) is 8.70. The van der Waals surface area contributed by atoms with Crippen molar-refractivity contribution in [2.45, 2.75) is 23.8 Å². The van der Waals surface area contributed by atoms with Gasteiger partial charge in [-0.15, -0.1) is 0 Å². The number of benzene rings is 2. The molecule has 0 bridgehead atoms. The van der Waals surface area contributed by atoms with Crippen molar-refractivity contribution in [2.75, 3.05) is 5.75 Å². The molecule has 1 atom stereocenters. The van der Waals surface area contributed by atoms with Crippen molar-refractivity contribution in [3.8, 4) is 17.2 Å². The molecule has 118 valence electrons. The Morgan fingerprint density at radius 1 is 1.22 bits per heavy atom. The predicted molar refractivity (Wildman–Crippen MR) is 84.9 cm³/mol. The summed E-state index contributed by atoms with van der Waals surface area (Å²) >= 11 is 0. The summed E-state index contributed by atoms with van der Waals surface area (Å²) in [7, 11) is -3.15. The first-order valence-corrected chi connectivity index (χ1v) is 8.85. The van der Waals surface area contributed by atoms with Crippen LogP contribution in [0.25, 0.3) is 11.1 Å². The van der Waals surface area contributed by atoms with E-state index in [1.54, 1.807) is 30.3 Å². The van der Waals surface area contributed by atoms with Gasteiger partial charge in [-0.2, -0.15) is 5.26 Å². The highest BCUT2D eigenvalue weighted by Gasteiger charge is 2.26. The maximum Gasteiger partial charge on any atom is 0.178 e. The van der Waals surface area contributed by atoms with Crippen LogP contribution >= 0.6 is 0 Å². The number of fused-ring (bicyclic) bond motifs is 1. The lowest BCUT2D eigenvalue weighted by molar-refractivity contribution is 0.600. The van der Waals surface area contributed by atoms with E-state index in [4.69, 9.17) is 11.0 Å². The van der Waals surface area contributed by atoms with Crippen LogP contribution in [0.2, 0.25) is 0 Å². The second-order valence-corrected chi connectivity index (χ2v) is 7.71. The van der Waals surface area contributed by atoms with Gasteiger partial charge in [0.05, 0.1) is 22.8 Å². The van der Waals surface area contributed by atoms with E-state index in [1.165, 1.54) is 6.07 Å². The number of rotatable bonds is 3. The van der Waals surface area contributed by atoms with Crippen LogP contribution in [0.5, 0.6) is 0 Å². The molecule has 0 saturated carbocycles. The monoisotopic (exact) mass is 330 g/mol. The molecular weight excluding hydrogens is 315 g/mol. The third-order valence-corrected chi connectivity index (χ3v) is 5.84. The lowest BCUT2D eigenvalue weighted by Crippen LogP contribution is -2.20. The van der Waals surface area contributed by atoms with E-state index in [0.29, 0.717) is 22.4 Å². The van der Waals surface area contributed by atoms with E-state index in [2.05, 4.69) is 0 Å². The molecule has 4 nitrogen and oxygen atoms in total. The van der Waals surface area contributed by atoms with Crippen LogP contribution in [0, 0.1) is 17.1 Å². The zero-order valence-corrected chi connectivity index (χ0v) is 13.1. The summed E-state index contributed by atoms with van der Waals surface area (Å²) in [5.74, 6) is -0.285. The first kappa shape index (κ1) is 15.7. The number of sulfone groups is 1. The van der Waals surface area contributed by atoms with Crippen LogP contribution < -0.4 is 5.73 Å². The Morgan fingerprint density at radius 2 is 1.91 bits per heavy atom. The summed E-state index contributed by atoms with van der Waals surface area (Å²) in [5.41, 5.74) is 8.14. The Balaban J connectivity index is 1.95. The lowest BCUT2D eigenvalue weighted by Gasteiger charge is -2.09. The molecule has 2 N–H and O–H groups in total.